The standard InChI is InChI=1S/C15H19N5OS/c1-3-11-14(22-19-18-11)15(21)20-8-4-5-12(20)10-6-7-17-13(9-10)16-2/h6-7,9,12H,3-5,8H2,1-2H3,(H,16,17). The first-order valence-electron chi connectivity index (χ1n) is 7.50. The van der Waals surface area contributed by atoms with Gasteiger partial charge in [-0.25, -0.2) is 4.98 Å². The zero-order valence-corrected chi connectivity index (χ0v) is 13.6. The number of aryl methyl sites for hydroxylation is 1. The molecule has 1 unspecified atom stereocenters. The number of nitrogens with one attached hydrogen (secondary N) is 1. The quantitative estimate of drug-likeness (QED) is 0.938. The van der Waals surface area contributed by atoms with Gasteiger partial charge in [0.15, 0.2) is 0 Å². The molecule has 3 rings (SSSR count). The van der Waals surface area contributed by atoms with Crippen molar-refractivity contribution in [2.24, 2.45) is 0 Å². The fourth-order valence-electron chi connectivity index (χ4n) is 2.88. The minimum atomic E-state index is 0.0529. The zero-order valence-electron chi connectivity index (χ0n) is 12.7. The molecule has 0 bridgehead atoms. The molecule has 1 aliphatic rings. The van der Waals surface area contributed by atoms with Crippen LogP contribution in [-0.4, -0.2) is 39.0 Å². The van der Waals surface area contributed by atoms with E-state index in [0.717, 1.165) is 42.9 Å². The van der Waals surface area contributed by atoms with Crippen molar-refractivity contribution < 1.29 is 4.79 Å². The molecule has 3 heterocycles. The minimum Gasteiger partial charge on any atom is -0.373 e. The van der Waals surface area contributed by atoms with Crippen LogP contribution >= 0.6 is 11.5 Å². The van der Waals surface area contributed by atoms with Crippen LogP contribution < -0.4 is 5.32 Å². The van der Waals surface area contributed by atoms with E-state index in [1.54, 1.807) is 6.20 Å². The molecule has 116 valence electrons. The number of anilines is 1. The van der Waals surface area contributed by atoms with E-state index >= 15 is 0 Å². The number of carbonyl (C=O) groups excluding carboxylic acids is 1. The van der Waals surface area contributed by atoms with Gasteiger partial charge in [-0.3, -0.25) is 4.79 Å². The van der Waals surface area contributed by atoms with Crippen molar-refractivity contribution >= 4 is 23.3 Å². The van der Waals surface area contributed by atoms with Crippen LogP contribution in [0.2, 0.25) is 0 Å². The molecule has 2 aromatic heterocycles. The number of hydrogen-bond donors (Lipinski definition) is 1. The summed E-state index contributed by atoms with van der Waals surface area (Å²) in [5.41, 5.74) is 1.92. The fourth-order valence-corrected chi connectivity index (χ4v) is 3.59. The third-order valence-electron chi connectivity index (χ3n) is 4.02. The number of amides is 1. The first kappa shape index (κ1) is 14.9. The fraction of sp³-hybridized carbons (Fsp3) is 0.467. The predicted molar refractivity (Wildman–Crippen MR) is 86.1 cm³/mol. The van der Waals surface area contributed by atoms with Crippen molar-refractivity contribution in [3.05, 3.63) is 34.5 Å². The molecule has 1 fully saturated rings. The molecule has 1 aliphatic heterocycles. The second kappa shape index (κ2) is 6.39. The first-order chi connectivity index (χ1) is 10.7. The first-order valence-corrected chi connectivity index (χ1v) is 8.27. The van der Waals surface area contributed by atoms with Gasteiger partial charge in [-0.1, -0.05) is 11.4 Å². The minimum absolute atomic E-state index is 0.0529. The Balaban J connectivity index is 1.88. The summed E-state index contributed by atoms with van der Waals surface area (Å²) >= 11 is 1.20. The van der Waals surface area contributed by atoms with Crippen molar-refractivity contribution in [2.75, 3.05) is 18.9 Å². The molecule has 0 spiro atoms. The normalized spacial score (nSPS) is 17.7. The Hall–Kier alpha value is -2.02. The number of rotatable bonds is 4. The van der Waals surface area contributed by atoms with Crippen LogP contribution in [0.25, 0.3) is 0 Å². The average Bonchev–Trinajstić information content (AvgIpc) is 3.23. The summed E-state index contributed by atoms with van der Waals surface area (Å²) in [6, 6.07) is 4.11. The lowest BCUT2D eigenvalue weighted by molar-refractivity contribution is 0.0739. The summed E-state index contributed by atoms with van der Waals surface area (Å²) in [6.45, 7) is 2.78. The van der Waals surface area contributed by atoms with E-state index in [-0.39, 0.29) is 11.9 Å². The number of hydrogen-bond acceptors (Lipinski definition) is 6. The maximum atomic E-state index is 12.9. The summed E-state index contributed by atoms with van der Waals surface area (Å²) in [5, 5.41) is 7.10. The zero-order chi connectivity index (χ0) is 15.5. The van der Waals surface area contributed by atoms with Crippen molar-refractivity contribution in [3.63, 3.8) is 0 Å². The van der Waals surface area contributed by atoms with Gasteiger partial charge in [0.05, 0.1) is 11.7 Å². The number of aromatic nitrogens is 3. The lowest BCUT2D eigenvalue weighted by Crippen LogP contribution is -2.30. The van der Waals surface area contributed by atoms with E-state index in [1.165, 1.54) is 11.5 Å². The number of pyridine rings is 1. The summed E-state index contributed by atoms with van der Waals surface area (Å²) < 4.78 is 3.93. The Morgan fingerprint density at radius 2 is 2.41 bits per heavy atom. The third-order valence-corrected chi connectivity index (χ3v) is 4.78. The summed E-state index contributed by atoms with van der Waals surface area (Å²) in [7, 11) is 1.85. The topological polar surface area (TPSA) is 71.0 Å². The van der Waals surface area contributed by atoms with Gasteiger partial charge in [-0.05, 0) is 48.5 Å². The molecule has 0 radical (unpaired) electrons. The lowest BCUT2D eigenvalue weighted by Gasteiger charge is -2.25. The van der Waals surface area contributed by atoms with E-state index in [2.05, 4.69) is 19.9 Å². The van der Waals surface area contributed by atoms with Gasteiger partial charge in [0.25, 0.3) is 5.91 Å². The summed E-state index contributed by atoms with van der Waals surface area (Å²) in [6.07, 6.45) is 4.51. The van der Waals surface area contributed by atoms with Crippen LogP contribution in [0.5, 0.6) is 0 Å². The van der Waals surface area contributed by atoms with Gasteiger partial charge >= 0.3 is 0 Å². The Labute approximate surface area is 133 Å². The molecule has 6 nitrogen and oxygen atoms in total. The molecule has 7 heteroatoms. The SMILES string of the molecule is CCc1nnsc1C(=O)N1CCCC1c1ccnc(NC)c1. The van der Waals surface area contributed by atoms with E-state index in [9.17, 15) is 4.79 Å². The van der Waals surface area contributed by atoms with Crippen LogP contribution in [0.1, 0.15) is 46.7 Å². The monoisotopic (exact) mass is 317 g/mol. The number of carbonyl (C=O) groups is 1. The van der Waals surface area contributed by atoms with Gasteiger partial charge in [-0.15, -0.1) is 5.10 Å². The maximum absolute atomic E-state index is 12.9. The molecular formula is C15H19N5OS. The summed E-state index contributed by atoms with van der Waals surface area (Å²) in [4.78, 5) is 19.7. The maximum Gasteiger partial charge on any atom is 0.268 e. The molecule has 1 saturated heterocycles. The average molecular weight is 317 g/mol. The van der Waals surface area contributed by atoms with Gasteiger partial charge in [-0.2, -0.15) is 0 Å². The highest BCUT2D eigenvalue weighted by Crippen LogP contribution is 2.34. The van der Waals surface area contributed by atoms with Crippen LogP contribution in [0.15, 0.2) is 18.3 Å². The van der Waals surface area contributed by atoms with Crippen molar-refractivity contribution in [1.29, 1.82) is 0 Å². The van der Waals surface area contributed by atoms with Crippen molar-refractivity contribution in [1.82, 2.24) is 19.5 Å². The molecular weight excluding hydrogens is 298 g/mol. The Morgan fingerprint density at radius 3 is 3.18 bits per heavy atom. The molecule has 1 N–H and O–H groups in total. The smallest absolute Gasteiger partial charge is 0.268 e. The molecule has 1 atom stereocenters. The van der Waals surface area contributed by atoms with Gasteiger partial charge in [0, 0.05) is 19.8 Å². The molecule has 0 aromatic carbocycles. The second-order valence-electron chi connectivity index (χ2n) is 5.28. The highest BCUT2D eigenvalue weighted by Gasteiger charge is 2.32. The largest absolute Gasteiger partial charge is 0.373 e. The molecule has 1 amide bonds. The van der Waals surface area contributed by atoms with E-state index < -0.39 is 0 Å². The van der Waals surface area contributed by atoms with E-state index in [4.69, 9.17) is 0 Å². The van der Waals surface area contributed by atoms with Crippen LogP contribution in [0.3, 0.4) is 0 Å². The van der Waals surface area contributed by atoms with Crippen molar-refractivity contribution in [3.8, 4) is 0 Å². The summed E-state index contributed by atoms with van der Waals surface area (Å²) in [5.74, 6) is 0.877. The highest BCUT2D eigenvalue weighted by atomic mass is 32.1. The predicted octanol–water partition coefficient (Wildman–Crippen LogP) is 2.51. The van der Waals surface area contributed by atoms with Gasteiger partial charge < -0.3 is 10.2 Å². The van der Waals surface area contributed by atoms with Crippen molar-refractivity contribution in [2.45, 2.75) is 32.2 Å². The Bertz CT molecular complexity index is 671. The van der Waals surface area contributed by atoms with E-state index in [0.29, 0.717) is 4.88 Å². The van der Waals surface area contributed by atoms with Crippen LogP contribution in [0, 0.1) is 0 Å². The molecule has 0 saturated carbocycles. The van der Waals surface area contributed by atoms with Gasteiger partial charge in [0.1, 0.15) is 10.7 Å². The second-order valence-corrected chi connectivity index (χ2v) is 6.04. The van der Waals surface area contributed by atoms with Crippen LogP contribution in [0.4, 0.5) is 5.82 Å². The highest BCUT2D eigenvalue weighted by molar-refractivity contribution is 7.08. The number of nitrogens with zero attached hydrogens (tertiary/aromatic N) is 4. The molecule has 0 aliphatic carbocycles. The molecule has 22 heavy (non-hydrogen) atoms. The van der Waals surface area contributed by atoms with E-state index in [1.807, 2.05) is 31.0 Å². The Morgan fingerprint density at radius 1 is 1.55 bits per heavy atom. The third kappa shape index (κ3) is 2.68. The Kier molecular flexibility index (Phi) is 4.33. The lowest BCUT2D eigenvalue weighted by atomic mass is 10.1. The van der Waals surface area contributed by atoms with Gasteiger partial charge in [0.2, 0.25) is 0 Å². The number of likely N-dealkylation sites (tertiary alicyclic amines) is 1. The molecule has 2 aromatic rings. The van der Waals surface area contributed by atoms with Crippen LogP contribution in [-0.2, 0) is 6.42 Å².